The molecule has 1 aliphatic rings. The molecule has 3 amide bonds. The van der Waals surface area contributed by atoms with Crippen molar-refractivity contribution in [2.75, 3.05) is 23.3 Å². The van der Waals surface area contributed by atoms with Crippen molar-refractivity contribution in [1.29, 1.82) is 0 Å². The van der Waals surface area contributed by atoms with Gasteiger partial charge >= 0.3 is 0 Å². The summed E-state index contributed by atoms with van der Waals surface area (Å²) >= 11 is 0. The topological polar surface area (TPSA) is 78.5 Å². The largest absolute Gasteiger partial charge is 0.345 e. The number of anilines is 2. The van der Waals surface area contributed by atoms with Crippen LogP contribution in [-0.4, -0.2) is 30.8 Å². The summed E-state index contributed by atoms with van der Waals surface area (Å²) in [7, 11) is 0. The average molecular weight is 351 g/mol. The summed E-state index contributed by atoms with van der Waals surface area (Å²) in [6.45, 7) is -0.230. The number of para-hydroxylation sites is 2. The Morgan fingerprint density at radius 1 is 0.923 bits per heavy atom. The van der Waals surface area contributed by atoms with Crippen LogP contribution in [0.15, 0.2) is 54.6 Å². The SMILES string of the molecule is O=C(CN1C(=O)CCCc2ccccc21)NCC(=O)Nc1ccccc1. The molecule has 0 saturated carbocycles. The molecule has 2 N–H and O–H groups in total. The van der Waals surface area contributed by atoms with Crippen LogP contribution in [0.5, 0.6) is 0 Å². The summed E-state index contributed by atoms with van der Waals surface area (Å²) in [5.74, 6) is -0.746. The van der Waals surface area contributed by atoms with E-state index in [1.54, 1.807) is 12.1 Å². The molecule has 26 heavy (non-hydrogen) atoms. The smallest absolute Gasteiger partial charge is 0.243 e. The van der Waals surface area contributed by atoms with Gasteiger partial charge < -0.3 is 15.5 Å². The van der Waals surface area contributed by atoms with E-state index in [0.29, 0.717) is 12.1 Å². The van der Waals surface area contributed by atoms with Crippen LogP contribution in [0.4, 0.5) is 11.4 Å². The van der Waals surface area contributed by atoms with Gasteiger partial charge in [0.05, 0.1) is 6.54 Å². The highest BCUT2D eigenvalue weighted by molar-refractivity contribution is 6.01. The molecular formula is C20H21N3O3. The fourth-order valence-corrected chi connectivity index (χ4v) is 2.96. The van der Waals surface area contributed by atoms with E-state index in [2.05, 4.69) is 10.6 Å². The van der Waals surface area contributed by atoms with Gasteiger partial charge in [-0.3, -0.25) is 14.4 Å². The zero-order valence-electron chi connectivity index (χ0n) is 14.4. The van der Waals surface area contributed by atoms with E-state index in [1.165, 1.54) is 4.90 Å². The number of fused-ring (bicyclic) bond motifs is 1. The van der Waals surface area contributed by atoms with Crippen molar-refractivity contribution < 1.29 is 14.4 Å². The summed E-state index contributed by atoms with van der Waals surface area (Å²) in [5, 5.41) is 5.28. The van der Waals surface area contributed by atoms with Gasteiger partial charge in [-0.1, -0.05) is 36.4 Å². The summed E-state index contributed by atoms with van der Waals surface area (Å²) in [6.07, 6.45) is 2.00. The molecule has 0 saturated heterocycles. The average Bonchev–Trinajstić information content (AvgIpc) is 2.80. The lowest BCUT2D eigenvalue weighted by atomic mass is 10.1. The number of amides is 3. The molecule has 0 atom stereocenters. The summed E-state index contributed by atoms with van der Waals surface area (Å²) in [6, 6.07) is 16.6. The van der Waals surface area contributed by atoms with Crippen molar-refractivity contribution in [2.24, 2.45) is 0 Å². The lowest BCUT2D eigenvalue weighted by Gasteiger charge is -2.22. The molecule has 0 aromatic heterocycles. The molecule has 1 aliphatic heterocycles. The number of aryl methyl sites for hydroxylation is 1. The van der Waals surface area contributed by atoms with Crippen molar-refractivity contribution in [3.63, 3.8) is 0 Å². The number of hydrogen-bond donors (Lipinski definition) is 2. The van der Waals surface area contributed by atoms with Crippen molar-refractivity contribution in [3.8, 4) is 0 Å². The normalized spacial score (nSPS) is 13.5. The minimum absolute atomic E-state index is 0.0705. The van der Waals surface area contributed by atoms with E-state index in [4.69, 9.17) is 0 Å². The van der Waals surface area contributed by atoms with Crippen molar-refractivity contribution in [3.05, 3.63) is 60.2 Å². The van der Waals surface area contributed by atoms with Gasteiger partial charge in [0.25, 0.3) is 0 Å². The third-order valence-corrected chi connectivity index (χ3v) is 4.23. The van der Waals surface area contributed by atoms with Gasteiger partial charge in [0.2, 0.25) is 17.7 Å². The Kier molecular flexibility index (Phi) is 5.63. The molecule has 2 aromatic rings. The standard InChI is InChI=1S/C20H21N3O3/c24-18(22-16-9-2-1-3-10-16)13-21-19(25)14-23-17-11-5-4-7-15(17)8-6-12-20(23)26/h1-5,7,9-11H,6,8,12-14H2,(H,21,25)(H,22,24). The van der Waals surface area contributed by atoms with E-state index >= 15 is 0 Å². The number of carbonyl (C=O) groups excluding carboxylic acids is 3. The second kappa shape index (κ2) is 8.29. The molecule has 2 aromatic carbocycles. The molecule has 3 rings (SSSR count). The van der Waals surface area contributed by atoms with Crippen LogP contribution in [0.1, 0.15) is 18.4 Å². The first kappa shape index (κ1) is 17.7. The zero-order chi connectivity index (χ0) is 18.4. The first-order valence-electron chi connectivity index (χ1n) is 8.63. The number of nitrogens with zero attached hydrogens (tertiary/aromatic N) is 1. The lowest BCUT2D eigenvalue weighted by molar-refractivity contribution is -0.125. The number of hydrogen-bond acceptors (Lipinski definition) is 3. The Labute approximate surface area is 152 Å². The van der Waals surface area contributed by atoms with Crippen LogP contribution in [0.2, 0.25) is 0 Å². The van der Waals surface area contributed by atoms with E-state index < -0.39 is 0 Å². The zero-order valence-corrected chi connectivity index (χ0v) is 14.4. The van der Waals surface area contributed by atoms with Gasteiger partial charge in [-0.05, 0) is 36.6 Å². The van der Waals surface area contributed by atoms with E-state index in [1.807, 2.05) is 42.5 Å². The van der Waals surface area contributed by atoms with Crippen LogP contribution < -0.4 is 15.5 Å². The fourth-order valence-electron chi connectivity index (χ4n) is 2.96. The van der Waals surface area contributed by atoms with Crippen molar-refractivity contribution in [2.45, 2.75) is 19.3 Å². The van der Waals surface area contributed by atoms with Gasteiger partial charge in [-0.25, -0.2) is 0 Å². The number of carbonyl (C=O) groups is 3. The highest BCUT2D eigenvalue weighted by Crippen LogP contribution is 2.26. The monoisotopic (exact) mass is 351 g/mol. The maximum atomic E-state index is 12.4. The molecule has 6 nitrogen and oxygen atoms in total. The van der Waals surface area contributed by atoms with Crippen LogP contribution in [0.25, 0.3) is 0 Å². The van der Waals surface area contributed by atoms with Crippen LogP contribution in [0, 0.1) is 0 Å². The highest BCUT2D eigenvalue weighted by Gasteiger charge is 2.24. The maximum absolute atomic E-state index is 12.4. The van der Waals surface area contributed by atoms with Crippen molar-refractivity contribution >= 4 is 29.1 Å². The first-order chi connectivity index (χ1) is 12.6. The van der Waals surface area contributed by atoms with Gasteiger partial charge in [0.1, 0.15) is 6.54 Å². The van der Waals surface area contributed by atoms with E-state index in [-0.39, 0.29) is 30.8 Å². The van der Waals surface area contributed by atoms with Gasteiger partial charge in [0, 0.05) is 17.8 Å². The molecule has 0 spiro atoms. The Bertz CT molecular complexity index is 805. The van der Waals surface area contributed by atoms with Crippen LogP contribution in [-0.2, 0) is 20.8 Å². The van der Waals surface area contributed by atoms with Crippen LogP contribution >= 0.6 is 0 Å². The predicted octanol–water partition coefficient (Wildman–Crippen LogP) is 2.11. The van der Waals surface area contributed by atoms with Crippen LogP contribution in [0.3, 0.4) is 0 Å². The minimum Gasteiger partial charge on any atom is -0.345 e. The molecular weight excluding hydrogens is 330 g/mol. The predicted molar refractivity (Wildman–Crippen MR) is 99.8 cm³/mol. The Morgan fingerprint density at radius 3 is 2.46 bits per heavy atom. The molecule has 0 fully saturated rings. The minimum atomic E-state index is -0.363. The Hall–Kier alpha value is -3.15. The second-order valence-corrected chi connectivity index (χ2v) is 6.15. The van der Waals surface area contributed by atoms with E-state index in [9.17, 15) is 14.4 Å². The summed E-state index contributed by atoms with van der Waals surface area (Å²) in [4.78, 5) is 38.0. The summed E-state index contributed by atoms with van der Waals surface area (Å²) < 4.78 is 0. The quantitative estimate of drug-likeness (QED) is 0.866. The third kappa shape index (κ3) is 4.47. The maximum Gasteiger partial charge on any atom is 0.243 e. The summed E-state index contributed by atoms with van der Waals surface area (Å²) in [5.41, 5.74) is 2.51. The molecule has 6 heteroatoms. The number of rotatable bonds is 5. The molecule has 134 valence electrons. The Morgan fingerprint density at radius 2 is 1.65 bits per heavy atom. The van der Waals surface area contributed by atoms with E-state index in [0.717, 1.165) is 24.1 Å². The third-order valence-electron chi connectivity index (χ3n) is 4.23. The van der Waals surface area contributed by atoms with Gasteiger partial charge in [0.15, 0.2) is 0 Å². The fraction of sp³-hybridized carbons (Fsp3) is 0.250. The highest BCUT2D eigenvalue weighted by atomic mass is 16.2. The molecule has 0 unspecified atom stereocenters. The number of benzene rings is 2. The van der Waals surface area contributed by atoms with Gasteiger partial charge in [-0.2, -0.15) is 0 Å². The Balaban J connectivity index is 1.57. The lowest BCUT2D eigenvalue weighted by Crippen LogP contribution is -2.42. The molecule has 1 heterocycles. The molecule has 0 aliphatic carbocycles. The second-order valence-electron chi connectivity index (χ2n) is 6.15. The molecule has 0 radical (unpaired) electrons. The number of nitrogens with one attached hydrogen (secondary N) is 2. The van der Waals surface area contributed by atoms with Gasteiger partial charge in [-0.15, -0.1) is 0 Å². The first-order valence-corrected chi connectivity index (χ1v) is 8.63. The van der Waals surface area contributed by atoms with Crippen molar-refractivity contribution in [1.82, 2.24) is 5.32 Å². The molecule has 0 bridgehead atoms.